The Balaban J connectivity index is 1.97. The van der Waals surface area contributed by atoms with Crippen molar-refractivity contribution >= 4 is 5.97 Å². The number of nitrogens with zero attached hydrogens (tertiary/aromatic N) is 1. The second-order valence-electron chi connectivity index (χ2n) is 5.34. The lowest BCUT2D eigenvalue weighted by Crippen LogP contribution is -2.30. The molecule has 1 aromatic carbocycles. The van der Waals surface area contributed by atoms with E-state index in [1.807, 2.05) is 19.1 Å². The van der Waals surface area contributed by atoms with Crippen molar-refractivity contribution in [1.82, 2.24) is 4.90 Å². The molecule has 112 valence electrons. The minimum atomic E-state index is -0.266. The molecule has 1 heterocycles. The van der Waals surface area contributed by atoms with Crippen LogP contribution in [0.2, 0.25) is 0 Å². The molecule has 0 aliphatic carbocycles. The van der Waals surface area contributed by atoms with Gasteiger partial charge in [-0.1, -0.05) is 42.0 Å². The van der Waals surface area contributed by atoms with Gasteiger partial charge in [0.25, 0.3) is 0 Å². The summed E-state index contributed by atoms with van der Waals surface area (Å²) in [6.45, 7) is 7.28. The van der Waals surface area contributed by atoms with Crippen LogP contribution in [0.1, 0.15) is 25.8 Å². The Bertz CT molecular complexity index is 531. The molecule has 0 N–H and O–H groups in total. The van der Waals surface area contributed by atoms with E-state index in [4.69, 9.17) is 4.74 Å². The number of rotatable bonds is 5. The molecule has 0 bridgehead atoms. The molecule has 0 unspecified atom stereocenters. The fourth-order valence-corrected chi connectivity index (χ4v) is 2.47. The Hall–Kier alpha value is -1.87. The highest BCUT2D eigenvalue weighted by Gasteiger charge is 2.15. The van der Waals surface area contributed by atoms with Gasteiger partial charge in [-0.15, -0.1) is 0 Å². The smallest absolute Gasteiger partial charge is 0.330 e. The summed E-state index contributed by atoms with van der Waals surface area (Å²) in [6.07, 6.45) is 4.49. The molecule has 3 nitrogen and oxygen atoms in total. The van der Waals surface area contributed by atoms with Crippen LogP contribution in [0.25, 0.3) is 0 Å². The van der Waals surface area contributed by atoms with Gasteiger partial charge in [-0.25, -0.2) is 4.79 Å². The van der Waals surface area contributed by atoms with Crippen LogP contribution >= 0.6 is 0 Å². The average Bonchev–Trinajstić information content (AvgIpc) is 2.49. The molecule has 0 fully saturated rings. The van der Waals surface area contributed by atoms with E-state index in [9.17, 15) is 4.79 Å². The predicted octanol–water partition coefficient (Wildman–Crippen LogP) is 3.33. The average molecular weight is 285 g/mol. The van der Waals surface area contributed by atoms with Gasteiger partial charge < -0.3 is 4.74 Å². The van der Waals surface area contributed by atoms with Gasteiger partial charge in [0.1, 0.15) is 0 Å². The van der Waals surface area contributed by atoms with Gasteiger partial charge in [0, 0.05) is 25.7 Å². The highest BCUT2D eigenvalue weighted by Crippen LogP contribution is 2.20. The first-order chi connectivity index (χ1) is 10.2. The molecule has 0 aromatic heterocycles. The van der Waals surface area contributed by atoms with Gasteiger partial charge in [0.15, 0.2) is 0 Å². The summed E-state index contributed by atoms with van der Waals surface area (Å²) in [4.78, 5) is 13.8. The highest BCUT2D eigenvalue weighted by molar-refractivity contribution is 5.82. The highest BCUT2D eigenvalue weighted by atomic mass is 16.5. The molecule has 0 amide bonds. The van der Waals surface area contributed by atoms with E-state index in [2.05, 4.69) is 36.1 Å². The summed E-state index contributed by atoms with van der Waals surface area (Å²) < 4.78 is 4.93. The van der Waals surface area contributed by atoms with E-state index in [0.29, 0.717) is 6.61 Å². The normalized spacial score (nSPS) is 16.5. The van der Waals surface area contributed by atoms with Crippen LogP contribution < -0.4 is 0 Å². The third-order valence-electron chi connectivity index (χ3n) is 3.70. The van der Waals surface area contributed by atoms with Crippen LogP contribution in [-0.4, -0.2) is 30.6 Å². The minimum absolute atomic E-state index is 0.266. The first kappa shape index (κ1) is 15.5. The number of carbonyl (C=O) groups excluding carboxylic acids is 1. The number of carbonyl (C=O) groups is 1. The summed E-state index contributed by atoms with van der Waals surface area (Å²) in [5.41, 5.74) is 3.91. The molecule has 0 saturated heterocycles. The van der Waals surface area contributed by atoms with E-state index in [0.717, 1.165) is 26.1 Å². The van der Waals surface area contributed by atoms with Gasteiger partial charge in [-0.3, -0.25) is 4.90 Å². The number of hydrogen-bond acceptors (Lipinski definition) is 3. The zero-order valence-electron chi connectivity index (χ0n) is 12.8. The first-order valence-corrected chi connectivity index (χ1v) is 7.48. The fourth-order valence-electron chi connectivity index (χ4n) is 2.47. The van der Waals surface area contributed by atoms with E-state index in [1.165, 1.54) is 22.8 Å². The molecule has 0 spiro atoms. The summed E-state index contributed by atoms with van der Waals surface area (Å²) >= 11 is 0. The Morgan fingerprint density at radius 1 is 1.33 bits per heavy atom. The van der Waals surface area contributed by atoms with Crippen molar-refractivity contribution in [2.75, 3.05) is 19.7 Å². The van der Waals surface area contributed by atoms with E-state index < -0.39 is 0 Å². The van der Waals surface area contributed by atoms with Crippen LogP contribution in [0.4, 0.5) is 0 Å². The summed E-state index contributed by atoms with van der Waals surface area (Å²) in [5, 5.41) is 0. The van der Waals surface area contributed by atoms with E-state index in [1.54, 1.807) is 0 Å². The lowest BCUT2D eigenvalue weighted by atomic mass is 10.0. The number of esters is 1. The maximum absolute atomic E-state index is 11.4. The number of benzene rings is 1. The molecule has 0 atom stereocenters. The van der Waals surface area contributed by atoms with Gasteiger partial charge in [-0.05, 0) is 31.4 Å². The van der Waals surface area contributed by atoms with Crippen molar-refractivity contribution in [3.63, 3.8) is 0 Å². The molecule has 1 aromatic rings. The van der Waals surface area contributed by atoms with E-state index in [-0.39, 0.29) is 5.97 Å². The SMILES string of the molecule is CCOC(=O)C=CC1=C(C)CCN(Cc2ccccc2)C1. The molecule has 3 heteroatoms. The monoisotopic (exact) mass is 285 g/mol. The van der Waals surface area contributed by atoms with Crippen LogP contribution in [-0.2, 0) is 16.1 Å². The van der Waals surface area contributed by atoms with Gasteiger partial charge in [-0.2, -0.15) is 0 Å². The Kier molecular flexibility index (Phi) is 5.76. The van der Waals surface area contributed by atoms with Crippen LogP contribution in [0, 0.1) is 0 Å². The molecule has 1 aliphatic heterocycles. The maximum Gasteiger partial charge on any atom is 0.330 e. The molecule has 0 radical (unpaired) electrons. The zero-order chi connectivity index (χ0) is 15.1. The Labute approximate surface area is 126 Å². The topological polar surface area (TPSA) is 29.5 Å². The van der Waals surface area contributed by atoms with Crippen LogP contribution in [0.5, 0.6) is 0 Å². The fraction of sp³-hybridized carbons (Fsp3) is 0.389. The van der Waals surface area contributed by atoms with Crippen molar-refractivity contribution in [2.24, 2.45) is 0 Å². The molecule has 1 aliphatic rings. The summed E-state index contributed by atoms with van der Waals surface area (Å²) in [5.74, 6) is -0.266. The Morgan fingerprint density at radius 3 is 2.81 bits per heavy atom. The van der Waals surface area contributed by atoms with Crippen molar-refractivity contribution in [2.45, 2.75) is 26.8 Å². The predicted molar refractivity (Wildman–Crippen MR) is 84.8 cm³/mol. The lowest BCUT2D eigenvalue weighted by Gasteiger charge is -2.28. The van der Waals surface area contributed by atoms with Crippen molar-refractivity contribution < 1.29 is 9.53 Å². The van der Waals surface area contributed by atoms with Gasteiger partial charge >= 0.3 is 5.97 Å². The van der Waals surface area contributed by atoms with Crippen molar-refractivity contribution in [1.29, 1.82) is 0 Å². The third-order valence-corrected chi connectivity index (χ3v) is 3.70. The second kappa shape index (κ2) is 7.79. The zero-order valence-corrected chi connectivity index (χ0v) is 12.8. The third kappa shape index (κ3) is 4.87. The molecule has 2 rings (SSSR count). The Morgan fingerprint density at radius 2 is 2.10 bits per heavy atom. The van der Waals surface area contributed by atoms with Crippen molar-refractivity contribution in [3.8, 4) is 0 Å². The molecular formula is C18H23NO2. The van der Waals surface area contributed by atoms with Crippen LogP contribution in [0.15, 0.2) is 53.6 Å². The van der Waals surface area contributed by atoms with Crippen LogP contribution in [0.3, 0.4) is 0 Å². The standard InChI is InChI=1S/C18H23NO2/c1-3-21-18(20)10-9-17-14-19(12-11-15(17)2)13-16-7-5-4-6-8-16/h4-10H,3,11-14H2,1-2H3. The second-order valence-corrected chi connectivity index (χ2v) is 5.34. The van der Waals surface area contributed by atoms with Crippen molar-refractivity contribution in [3.05, 3.63) is 59.2 Å². The van der Waals surface area contributed by atoms with E-state index >= 15 is 0 Å². The molecule has 0 saturated carbocycles. The van der Waals surface area contributed by atoms with Gasteiger partial charge in [0.2, 0.25) is 0 Å². The number of hydrogen-bond donors (Lipinski definition) is 0. The quantitative estimate of drug-likeness (QED) is 0.614. The summed E-state index contributed by atoms with van der Waals surface area (Å²) in [7, 11) is 0. The largest absolute Gasteiger partial charge is 0.463 e. The minimum Gasteiger partial charge on any atom is -0.463 e. The van der Waals surface area contributed by atoms with Gasteiger partial charge in [0.05, 0.1) is 6.61 Å². The molecule has 21 heavy (non-hydrogen) atoms. The first-order valence-electron chi connectivity index (χ1n) is 7.48. The summed E-state index contributed by atoms with van der Waals surface area (Å²) in [6, 6.07) is 10.5. The maximum atomic E-state index is 11.4. The number of ether oxygens (including phenoxy) is 1. The molecular weight excluding hydrogens is 262 g/mol. The lowest BCUT2D eigenvalue weighted by molar-refractivity contribution is -0.137.